The van der Waals surface area contributed by atoms with Gasteiger partial charge in [-0.15, -0.1) is 0 Å². The minimum Gasteiger partial charge on any atom is -0.394 e. The molecule has 2 atom stereocenters. The molecule has 1 heterocycles. The van der Waals surface area contributed by atoms with Crippen LogP contribution >= 0.6 is 23.2 Å². The van der Waals surface area contributed by atoms with Gasteiger partial charge in [0.25, 0.3) is 10.0 Å². The van der Waals surface area contributed by atoms with E-state index in [2.05, 4.69) is 25.3 Å². The average Bonchev–Trinajstić information content (AvgIpc) is 2.91. The van der Waals surface area contributed by atoms with Gasteiger partial charge in [0.1, 0.15) is 16.5 Å². The van der Waals surface area contributed by atoms with Gasteiger partial charge in [0.2, 0.25) is 5.95 Å². The Morgan fingerprint density at radius 3 is 2.41 bits per heavy atom. The predicted octanol–water partition coefficient (Wildman–Crippen LogP) is 5.96. The van der Waals surface area contributed by atoms with E-state index in [1.165, 1.54) is 42.8 Å². The van der Waals surface area contributed by atoms with Crippen LogP contribution in [0.2, 0.25) is 10.0 Å². The quantitative estimate of drug-likeness (QED) is 0.142. The van der Waals surface area contributed by atoms with Gasteiger partial charge in [0, 0.05) is 34.6 Å². The van der Waals surface area contributed by atoms with Gasteiger partial charge in [0.05, 0.1) is 32.1 Å². The molecule has 0 spiro atoms. The topological polar surface area (TPSA) is 157 Å². The highest BCUT2D eigenvalue weighted by Crippen LogP contribution is 2.33. The van der Waals surface area contributed by atoms with E-state index in [4.69, 9.17) is 28.0 Å². The molecule has 1 aromatic heterocycles. The Balaban J connectivity index is 1.64. The van der Waals surface area contributed by atoms with E-state index in [1.807, 2.05) is 0 Å². The minimum absolute atomic E-state index is 0.0387. The Labute approximate surface area is 247 Å². The predicted molar refractivity (Wildman–Crippen MR) is 160 cm³/mol. The van der Waals surface area contributed by atoms with Gasteiger partial charge in [-0.2, -0.15) is 4.98 Å². The second-order valence-electron chi connectivity index (χ2n) is 9.03. The molecule has 0 radical (unpaired) electrons. The molecular formula is C26H25Cl2FN6O4S2. The first kappa shape index (κ1) is 30.5. The van der Waals surface area contributed by atoms with Gasteiger partial charge >= 0.3 is 0 Å². The van der Waals surface area contributed by atoms with Gasteiger partial charge in [-0.1, -0.05) is 35.3 Å². The summed E-state index contributed by atoms with van der Waals surface area (Å²) < 4.78 is 62.7. The number of aromatic nitrogens is 2. The van der Waals surface area contributed by atoms with E-state index < -0.39 is 31.6 Å². The molecule has 0 fully saturated rings. The van der Waals surface area contributed by atoms with Crippen LogP contribution in [0.3, 0.4) is 0 Å². The Morgan fingerprint density at radius 2 is 1.78 bits per heavy atom. The van der Waals surface area contributed by atoms with Crippen molar-refractivity contribution in [3.63, 3.8) is 0 Å². The van der Waals surface area contributed by atoms with Crippen molar-refractivity contribution in [1.29, 1.82) is 4.78 Å². The second-order valence-corrected chi connectivity index (χ2v) is 13.6. The third-order valence-electron chi connectivity index (χ3n) is 5.74. The number of hydrogen-bond donors (Lipinski definition) is 5. The summed E-state index contributed by atoms with van der Waals surface area (Å²) >= 11 is 12.0. The first-order valence-electron chi connectivity index (χ1n) is 11.9. The number of aliphatic hydroxyl groups excluding tert-OH is 1. The molecule has 0 aliphatic heterocycles. The van der Waals surface area contributed by atoms with Crippen molar-refractivity contribution in [1.82, 2.24) is 9.97 Å². The zero-order valence-electron chi connectivity index (χ0n) is 21.7. The molecule has 4 aromatic rings. The fourth-order valence-corrected chi connectivity index (χ4v) is 6.11. The Morgan fingerprint density at radius 1 is 1.07 bits per heavy atom. The lowest BCUT2D eigenvalue weighted by atomic mass is 10.1. The van der Waals surface area contributed by atoms with Gasteiger partial charge in [-0.25, -0.2) is 26.8 Å². The standard InChI is InChI=1S/C26H25Cl2FN6O4S2/c1-15(14-36)32-25-19(13-31-26(34-25)33-17-7-9-18(10-8-17)40(2,30)37)16-6-11-22(21(29)12-16)35-41(38,39)23-5-3-4-20(27)24(23)28/h3-13,15,30,35-36H,14H2,1-2H3,(H2,31,32,33,34)/t15-,40+/m1/s1. The number of benzene rings is 3. The average molecular weight is 640 g/mol. The summed E-state index contributed by atoms with van der Waals surface area (Å²) in [6, 6.07) is 14.0. The summed E-state index contributed by atoms with van der Waals surface area (Å²) in [7, 11) is -7.11. The van der Waals surface area contributed by atoms with Crippen LogP contribution in [0, 0.1) is 10.6 Å². The molecule has 0 bridgehead atoms. The highest BCUT2D eigenvalue weighted by Gasteiger charge is 2.22. The zero-order chi connectivity index (χ0) is 29.9. The molecule has 41 heavy (non-hydrogen) atoms. The molecule has 5 N–H and O–H groups in total. The molecule has 4 rings (SSSR count). The van der Waals surface area contributed by atoms with E-state index in [0.29, 0.717) is 21.7 Å². The lowest BCUT2D eigenvalue weighted by Crippen LogP contribution is -2.21. The second kappa shape index (κ2) is 12.2. The summed E-state index contributed by atoms with van der Waals surface area (Å²) in [5, 5.41) is 15.5. The van der Waals surface area contributed by atoms with Crippen LogP contribution in [0.5, 0.6) is 0 Å². The van der Waals surface area contributed by atoms with E-state index in [9.17, 15) is 17.7 Å². The monoisotopic (exact) mass is 638 g/mol. The van der Waals surface area contributed by atoms with Gasteiger partial charge in [-0.3, -0.25) is 4.72 Å². The van der Waals surface area contributed by atoms with Crippen molar-refractivity contribution in [2.45, 2.75) is 22.8 Å². The van der Waals surface area contributed by atoms with Crippen LogP contribution in [0.25, 0.3) is 11.1 Å². The molecule has 216 valence electrons. The van der Waals surface area contributed by atoms with E-state index >= 15 is 4.39 Å². The molecule has 0 saturated carbocycles. The minimum atomic E-state index is -4.25. The van der Waals surface area contributed by atoms with Crippen LogP contribution in [0.1, 0.15) is 6.92 Å². The number of nitrogens with zero attached hydrogens (tertiary/aromatic N) is 2. The number of rotatable bonds is 10. The Kier molecular flexibility index (Phi) is 9.04. The number of halogens is 3. The molecule has 3 aromatic carbocycles. The summed E-state index contributed by atoms with van der Waals surface area (Å²) in [4.78, 5) is 8.86. The molecular weight excluding hydrogens is 614 g/mol. The van der Waals surface area contributed by atoms with Crippen molar-refractivity contribution in [2.24, 2.45) is 0 Å². The SMILES string of the molecule is C[C@H](CO)Nc1nc(Nc2ccc([S@@](C)(=N)=O)cc2)ncc1-c1ccc(NS(=O)(=O)c2cccc(Cl)c2Cl)c(F)c1. The first-order chi connectivity index (χ1) is 19.3. The van der Waals surface area contributed by atoms with Crippen LogP contribution in [0.15, 0.2) is 76.7 Å². The summed E-state index contributed by atoms with van der Waals surface area (Å²) in [5.74, 6) is -0.406. The highest BCUT2D eigenvalue weighted by molar-refractivity contribution is 7.93. The summed E-state index contributed by atoms with van der Waals surface area (Å²) in [5.41, 5.74) is 0.989. The van der Waals surface area contributed by atoms with Crippen LogP contribution in [-0.4, -0.2) is 46.6 Å². The number of anilines is 4. The molecule has 0 amide bonds. The lowest BCUT2D eigenvalue weighted by molar-refractivity contribution is 0.281. The number of hydrogen-bond acceptors (Lipinski definition) is 9. The Bertz CT molecular complexity index is 1810. The van der Waals surface area contributed by atoms with Crippen molar-refractivity contribution >= 4 is 66.1 Å². The fourth-order valence-electron chi connectivity index (χ4n) is 3.63. The largest absolute Gasteiger partial charge is 0.394 e. The first-order valence-corrected chi connectivity index (χ1v) is 16.1. The number of sulfonamides is 1. The van der Waals surface area contributed by atoms with E-state index in [1.54, 1.807) is 31.2 Å². The lowest BCUT2D eigenvalue weighted by Gasteiger charge is -2.17. The third kappa shape index (κ3) is 7.24. The molecule has 0 saturated heterocycles. The van der Waals surface area contributed by atoms with Crippen molar-refractivity contribution < 1.29 is 22.1 Å². The maximum Gasteiger partial charge on any atom is 0.263 e. The molecule has 15 heteroatoms. The van der Waals surface area contributed by atoms with E-state index in [-0.39, 0.29) is 39.0 Å². The van der Waals surface area contributed by atoms with Gasteiger partial charge < -0.3 is 15.7 Å². The highest BCUT2D eigenvalue weighted by atomic mass is 35.5. The summed E-state index contributed by atoms with van der Waals surface area (Å²) in [6.45, 7) is 1.51. The number of aliphatic hydroxyl groups is 1. The van der Waals surface area contributed by atoms with Crippen LogP contribution in [0.4, 0.5) is 27.5 Å². The summed E-state index contributed by atoms with van der Waals surface area (Å²) in [6.07, 6.45) is 2.78. The molecule has 0 unspecified atom stereocenters. The maximum absolute atomic E-state index is 15.2. The number of nitrogens with one attached hydrogen (secondary N) is 4. The normalized spacial score (nSPS) is 13.7. The maximum atomic E-state index is 15.2. The van der Waals surface area contributed by atoms with Gasteiger partial charge in [0.15, 0.2) is 0 Å². The van der Waals surface area contributed by atoms with Crippen LogP contribution < -0.4 is 15.4 Å². The molecule has 10 nitrogen and oxygen atoms in total. The third-order valence-corrected chi connectivity index (χ3v) is 9.25. The molecule has 0 aliphatic rings. The van der Waals surface area contributed by atoms with Crippen molar-refractivity contribution in [3.05, 3.63) is 82.7 Å². The van der Waals surface area contributed by atoms with E-state index in [0.717, 1.165) is 6.07 Å². The zero-order valence-corrected chi connectivity index (χ0v) is 24.8. The van der Waals surface area contributed by atoms with Crippen molar-refractivity contribution in [3.8, 4) is 11.1 Å². The van der Waals surface area contributed by atoms with Crippen molar-refractivity contribution in [2.75, 3.05) is 28.2 Å². The smallest absolute Gasteiger partial charge is 0.263 e. The van der Waals surface area contributed by atoms with Gasteiger partial charge in [-0.05, 0) is 61.0 Å². The Hall–Kier alpha value is -3.49. The molecule has 0 aliphatic carbocycles. The fraction of sp³-hybridized carbons (Fsp3) is 0.154. The van der Waals surface area contributed by atoms with Crippen LogP contribution in [-0.2, 0) is 19.8 Å².